The lowest BCUT2D eigenvalue weighted by molar-refractivity contribution is 0.0998. The van der Waals surface area contributed by atoms with E-state index in [4.69, 9.17) is 0 Å². The van der Waals surface area contributed by atoms with Gasteiger partial charge in [0.05, 0.1) is 10.2 Å². The quantitative estimate of drug-likeness (QED) is 0.699. The molecular formula is C19H20N2OS. The number of rotatable bonds is 4. The average molecular weight is 324 g/mol. The molecule has 3 aromatic rings. The third-order valence-corrected chi connectivity index (χ3v) is 4.86. The number of fused-ring (bicyclic) bond motifs is 1. The van der Waals surface area contributed by atoms with E-state index in [1.165, 1.54) is 10.3 Å². The lowest BCUT2D eigenvalue weighted by Crippen LogP contribution is -2.16. The number of hydrogen-bond donors (Lipinski definition) is 0. The molecule has 1 amide bonds. The van der Waals surface area contributed by atoms with Gasteiger partial charge in [-0.3, -0.25) is 4.79 Å². The van der Waals surface area contributed by atoms with Gasteiger partial charge in [0.2, 0.25) is 0 Å². The van der Waals surface area contributed by atoms with Crippen LogP contribution in [0.15, 0.2) is 53.5 Å². The first-order chi connectivity index (χ1) is 11.2. The van der Waals surface area contributed by atoms with Crippen molar-refractivity contribution >= 4 is 27.5 Å². The van der Waals surface area contributed by atoms with E-state index in [0.29, 0.717) is 5.56 Å². The molecule has 0 N–H and O–H groups in total. The molecule has 0 atom stereocenters. The molecule has 1 heterocycles. The van der Waals surface area contributed by atoms with Crippen molar-refractivity contribution < 1.29 is 4.79 Å². The Kier molecular flexibility index (Phi) is 4.72. The Balaban J connectivity index is 2.13. The number of hydrogen-bond acceptors (Lipinski definition) is 2. The van der Waals surface area contributed by atoms with Crippen LogP contribution in [-0.4, -0.2) is 10.5 Å². The average Bonchev–Trinajstić information content (AvgIpc) is 2.92. The van der Waals surface area contributed by atoms with Crippen LogP contribution >= 0.6 is 11.3 Å². The summed E-state index contributed by atoms with van der Waals surface area (Å²) >= 11 is 1.59. The van der Waals surface area contributed by atoms with Gasteiger partial charge in [-0.2, -0.15) is 4.99 Å². The van der Waals surface area contributed by atoms with Crippen LogP contribution in [0.5, 0.6) is 0 Å². The summed E-state index contributed by atoms with van der Waals surface area (Å²) in [7, 11) is 0. The van der Waals surface area contributed by atoms with Gasteiger partial charge >= 0.3 is 0 Å². The molecule has 0 bridgehead atoms. The maximum atomic E-state index is 12.4. The molecule has 23 heavy (non-hydrogen) atoms. The number of carbonyl (C=O) groups excluding carboxylic acids is 1. The van der Waals surface area contributed by atoms with Crippen LogP contribution in [0.1, 0.15) is 36.2 Å². The Morgan fingerprint density at radius 3 is 2.61 bits per heavy atom. The second-order valence-corrected chi connectivity index (χ2v) is 6.48. The molecule has 3 nitrogen and oxygen atoms in total. The highest BCUT2D eigenvalue weighted by atomic mass is 32.1. The van der Waals surface area contributed by atoms with Crippen LogP contribution in [0.3, 0.4) is 0 Å². The minimum atomic E-state index is -0.183. The Labute approximate surface area is 139 Å². The fourth-order valence-corrected chi connectivity index (χ4v) is 3.71. The molecule has 0 radical (unpaired) electrons. The fourth-order valence-electron chi connectivity index (χ4n) is 2.59. The lowest BCUT2D eigenvalue weighted by Gasteiger charge is -2.03. The fraction of sp³-hybridized carbons (Fsp3) is 0.263. The summed E-state index contributed by atoms with van der Waals surface area (Å²) in [5.41, 5.74) is 3.10. The number of benzene rings is 2. The lowest BCUT2D eigenvalue weighted by atomic mass is 10.2. The maximum Gasteiger partial charge on any atom is 0.279 e. The molecular weight excluding hydrogens is 304 g/mol. The van der Waals surface area contributed by atoms with Crippen LogP contribution in [0.2, 0.25) is 0 Å². The predicted octanol–water partition coefficient (Wildman–Crippen LogP) is 4.42. The molecule has 118 valence electrons. The summed E-state index contributed by atoms with van der Waals surface area (Å²) in [6.07, 6.45) is 2.02. The van der Waals surface area contributed by atoms with Crippen molar-refractivity contribution in [1.82, 2.24) is 4.57 Å². The predicted molar refractivity (Wildman–Crippen MR) is 95.8 cm³/mol. The molecule has 0 aliphatic rings. The SMILES string of the molecule is CCCn1c(=NC(=O)c2ccccc2)sc2cc(CC)ccc21. The normalized spacial score (nSPS) is 12.0. The third kappa shape index (κ3) is 3.27. The van der Waals surface area contributed by atoms with Crippen molar-refractivity contribution in [3.05, 3.63) is 64.5 Å². The number of thiazole rings is 1. The first-order valence-electron chi connectivity index (χ1n) is 7.99. The zero-order valence-corrected chi connectivity index (χ0v) is 14.3. The van der Waals surface area contributed by atoms with Gasteiger partial charge in [-0.1, -0.05) is 49.4 Å². The van der Waals surface area contributed by atoms with E-state index < -0.39 is 0 Å². The number of aryl methyl sites for hydroxylation is 2. The van der Waals surface area contributed by atoms with Gasteiger partial charge in [-0.25, -0.2) is 0 Å². The van der Waals surface area contributed by atoms with E-state index in [9.17, 15) is 4.79 Å². The van der Waals surface area contributed by atoms with E-state index in [-0.39, 0.29) is 5.91 Å². The first-order valence-corrected chi connectivity index (χ1v) is 8.81. The number of nitrogens with zero attached hydrogens (tertiary/aromatic N) is 2. The minimum absolute atomic E-state index is 0.183. The van der Waals surface area contributed by atoms with E-state index in [1.807, 2.05) is 18.2 Å². The second kappa shape index (κ2) is 6.92. The van der Waals surface area contributed by atoms with Gasteiger partial charge < -0.3 is 4.57 Å². The third-order valence-electron chi connectivity index (χ3n) is 3.82. The Morgan fingerprint density at radius 2 is 1.91 bits per heavy atom. The largest absolute Gasteiger partial charge is 0.316 e. The molecule has 0 unspecified atom stereocenters. The van der Waals surface area contributed by atoms with Gasteiger partial charge in [-0.05, 0) is 42.7 Å². The molecule has 3 rings (SSSR count). The number of aromatic nitrogens is 1. The monoisotopic (exact) mass is 324 g/mol. The van der Waals surface area contributed by atoms with Crippen molar-refractivity contribution in [2.75, 3.05) is 0 Å². The highest BCUT2D eigenvalue weighted by Crippen LogP contribution is 2.20. The summed E-state index contributed by atoms with van der Waals surface area (Å²) in [6.45, 7) is 5.16. The van der Waals surface area contributed by atoms with Gasteiger partial charge in [0, 0.05) is 12.1 Å². The minimum Gasteiger partial charge on any atom is -0.316 e. The van der Waals surface area contributed by atoms with Gasteiger partial charge in [-0.15, -0.1) is 0 Å². The molecule has 0 saturated heterocycles. The first kappa shape index (κ1) is 15.7. The Morgan fingerprint density at radius 1 is 1.13 bits per heavy atom. The van der Waals surface area contributed by atoms with Crippen molar-refractivity contribution in [1.29, 1.82) is 0 Å². The highest BCUT2D eigenvalue weighted by molar-refractivity contribution is 7.16. The molecule has 0 aliphatic heterocycles. The zero-order valence-electron chi connectivity index (χ0n) is 13.5. The van der Waals surface area contributed by atoms with Crippen molar-refractivity contribution in [3.8, 4) is 0 Å². The van der Waals surface area contributed by atoms with Crippen LogP contribution in [0, 0.1) is 0 Å². The maximum absolute atomic E-state index is 12.4. The van der Waals surface area contributed by atoms with Gasteiger partial charge in [0.25, 0.3) is 5.91 Å². The second-order valence-electron chi connectivity index (χ2n) is 5.47. The van der Waals surface area contributed by atoms with Crippen molar-refractivity contribution in [3.63, 3.8) is 0 Å². The van der Waals surface area contributed by atoms with E-state index in [2.05, 4.69) is 41.6 Å². The summed E-state index contributed by atoms with van der Waals surface area (Å²) < 4.78 is 3.35. The van der Waals surface area contributed by atoms with E-state index in [1.54, 1.807) is 23.5 Å². The van der Waals surface area contributed by atoms with E-state index >= 15 is 0 Å². The van der Waals surface area contributed by atoms with Gasteiger partial charge in [0.1, 0.15) is 0 Å². The molecule has 0 fully saturated rings. The number of amides is 1. The summed E-state index contributed by atoms with van der Waals surface area (Å²) in [5.74, 6) is -0.183. The summed E-state index contributed by atoms with van der Waals surface area (Å²) in [5, 5.41) is 0. The molecule has 2 aromatic carbocycles. The molecule has 0 spiro atoms. The standard InChI is InChI=1S/C19H20N2OS/c1-3-12-21-16-11-10-14(4-2)13-17(16)23-19(21)20-18(22)15-8-6-5-7-9-15/h5-11,13H,3-4,12H2,1-2H3. The van der Waals surface area contributed by atoms with Crippen LogP contribution < -0.4 is 4.80 Å². The smallest absolute Gasteiger partial charge is 0.279 e. The number of carbonyl (C=O) groups is 1. The van der Waals surface area contributed by atoms with Crippen LogP contribution in [-0.2, 0) is 13.0 Å². The van der Waals surface area contributed by atoms with E-state index in [0.717, 1.165) is 29.7 Å². The van der Waals surface area contributed by atoms with Gasteiger partial charge in [0.15, 0.2) is 4.80 Å². The molecule has 1 aromatic heterocycles. The van der Waals surface area contributed by atoms with Crippen molar-refractivity contribution in [2.24, 2.45) is 4.99 Å². The van der Waals surface area contributed by atoms with Crippen molar-refractivity contribution in [2.45, 2.75) is 33.2 Å². The molecule has 4 heteroatoms. The van der Waals surface area contributed by atoms with Crippen LogP contribution in [0.25, 0.3) is 10.2 Å². The molecule has 0 saturated carbocycles. The Bertz CT molecular complexity index is 891. The topological polar surface area (TPSA) is 34.4 Å². The summed E-state index contributed by atoms with van der Waals surface area (Å²) in [4.78, 5) is 17.6. The zero-order chi connectivity index (χ0) is 16.2. The summed E-state index contributed by atoms with van der Waals surface area (Å²) in [6, 6.07) is 15.7. The Hall–Kier alpha value is -2.20. The molecule has 0 aliphatic carbocycles. The highest BCUT2D eigenvalue weighted by Gasteiger charge is 2.09. The van der Waals surface area contributed by atoms with Crippen LogP contribution in [0.4, 0.5) is 0 Å².